The van der Waals surface area contributed by atoms with E-state index in [-0.39, 0.29) is 0 Å². The van der Waals surface area contributed by atoms with Gasteiger partial charge in [-0.2, -0.15) is 0 Å². The Morgan fingerprint density at radius 2 is 0.786 bits per heavy atom. The van der Waals surface area contributed by atoms with Crippen LogP contribution < -0.4 is 0 Å². The highest BCUT2D eigenvalue weighted by Crippen LogP contribution is 2.26. The lowest BCUT2D eigenvalue weighted by Gasteiger charge is -2.07. The minimum atomic E-state index is 1.06. The summed E-state index contributed by atoms with van der Waals surface area (Å²) in [6, 6.07) is 17.0. The molecule has 3 aromatic rings. The first-order valence-corrected chi connectivity index (χ1v) is 9.67. The molecule has 0 heterocycles. The molecular weight excluding hydrogens is 340 g/mol. The number of benzene rings is 3. The summed E-state index contributed by atoms with van der Waals surface area (Å²) in [5, 5.41) is 0. The molecule has 0 bridgehead atoms. The van der Waals surface area contributed by atoms with E-state index in [9.17, 15) is 0 Å². The summed E-state index contributed by atoms with van der Waals surface area (Å²) in [7, 11) is 0. The summed E-state index contributed by atoms with van der Waals surface area (Å²) in [6.45, 7) is 12.7. The monoisotopic (exact) mass is 368 g/mol. The van der Waals surface area contributed by atoms with Crippen molar-refractivity contribution in [1.29, 1.82) is 0 Å². The van der Waals surface area contributed by atoms with Crippen molar-refractivity contribution in [1.82, 2.24) is 0 Å². The minimum Gasteiger partial charge on any atom is -0.256 e. The van der Waals surface area contributed by atoms with Crippen LogP contribution in [0.15, 0.2) is 58.5 Å². The average Bonchev–Trinajstić information content (AvgIpc) is 2.61. The Morgan fingerprint density at radius 3 is 1.07 bits per heavy atom. The summed E-state index contributed by atoms with van der Waals surface area (Å²) < 4.78 is 0. The molecule has 0 aliphatic rings. The van der Waals surface area contributed by atoms with E-state index in [1.807, 2.05) is 12.4 Å². The van der Waals surface area contributed by atoms with Crippen molar-refractivity contribution in [2.45, 2.75) is 41.5 Å². The molecule has 0 unspecified atom stereocenters. The fourth-order valence-corrected chi connectivity index (χ4v) is 3.70. The standard InChI is InChI=1S/C26H28N2/c1-17-11-19(3)25(20(4)12-17)27-15-23-7-9-24(10-8-23)16-28-26-21(5)13-18(2)14-22(26)6/h7-16H,1-6H3. The Hall–Kier alpha value is -3.00. The molecule has 2 nitrogen and oxygen atoms in total. The van der Waals surface area contributed by atoms with Crippen molar-refractivity contribution >= 4 is 23.8 Å². The lowest BCUT2D eigenvalue weighted by atomic mass is 10.1. The van der Waals surface area contributed by atoms with Crippen molar-refractivity contribution in [2.75, 3.05) is 0 Å². The first-order valence-electron chi connectivity index (χ1n) is 9.67. The van der Waals surface area contributed by atoms with E-state index < -0.39 is 0 Å². The van der Waals surface area contributed by atoms with Gasteiger partial charge in [-0.05, 0) is 74.9 Å². The fraction of sp³-hybridized carbons (Fsp3) is 0.231. The number of aryl methyl sites for hydroxylation is 6. The van der Waals surface area contributed by atoms with Crippen molar-refractivity contribution < 1.29 is 0 Å². The third kappa shape index (κ3) is 4.64. The van der Waals surface area contributed by atoms with Gasteiger partial charge in [-0.1, -0.05) is 59.7 Å². The Balaban J connectivity index is 1.78. The maximum absolute atomic E-state index is 4.71. The van der Waals surface area contributed by atoms with Gasteiger partial charge in [-0.3, -0.25) is 9.98 Å². The molecule has 0 aliphatic heterocycles. The summed E-state index contributed by atoms with van der Waals surface area (Å²) >= 11 is 0. The Bertz CT molecular complexity index is 922. The zero-order valence-electron chi connectivity index (χ0n) is 17.7. The topological polar surface area (TPSA) is 24.7 Å². The number of hydrogen-bond donors (Lipinski definition) is 0. The van der Waals surface area contributed by atoms with Gasteiger partial charge >= 0.3 is 0 Å². The highest BCUT2D eigenvalue weighted by molar-refractivity contribution is 5.87. The van der Waals surface area contributed by atoms with E-state index in [1.54, 1.807) is 0 Å². The number of nitrogens with zero attached hydrogens (tertiary/aromatic N) is 2. The molecule has 3 aromatic carbocycles. The van der Waals surface area contributed by atoms with Crippen molar-refractivity contribution in [3.05, 3.63) is 93.0 Å². The molecule has 3 rings (SSSR count). The molecule has 0 radical (unpaired) electrons. The summed E-state index contributed by atoms with van der Waals surface area (Å²) in [5.74, 6) is 0. The van der Waals surface area contributed by atoms with Crippen molar-refractivity contribution in [2.24, 2.45) is 9.98 Å². The van der Waals surface area contributed by atoms with Crippen molar-refractivity contribution in [3.8, 4) is 0 Å². The second kappa shape index (κ2) is 8.35. The van der Waals surface area contributed by atoms with Crippen LogP contribution >= 0.6 is 0 Å². The summed E-state index contributed by atoms with van der Waals surface area (Å²) in [4.78, 5) is 9.43. The first kappa shape index (κ1) is 19.8. The fourth-order valence-electron chi connectivity index (χ4n) is 3.70. The second-order valence-electron chi connectivity index (χ2n) is 7.68. The molecule has 0 aliphatic carbocycles. The van der Waals surface area contributed by atoms with Gasteiger partial charge in [0.05, 0.1) is 11.4 Å². The molecular formula is C26H28N2. The Labute approximate surface area is 168 Å². The average molecular weight is 369 g/mol. The maximum atomic E-state index is 4.71. The van der Waals surface area contributed by atoms with E-state index in [1.165, 1.54) is 33.4 Å². The van der Waals surface area contributed by atoms with Gasteiger partial charge in [-0.25, -0.2) is 0 Å². The van der Waals surface area contributed by atoms with Crippen LogP contribution in [0.25, 0.3) is 0 Å². The van der Waals surface area contributed by atoms with Crippen LogP contribution in [0.4, 0.5) is 11.4 Å². The van der Waals surface area contributed by atoms with E-state index in [0.29, 0.717) is 0 Å². The van der Waals surface area contributed by atoms with Crippen LogP contribution in [0.2, 0.25) is 0 Å². The highest BCUT2D eigenvalue weighted by atomic mass is 14.7. The van der Waals surface area contributed by atoms with Gasteiger partial charge in [0.15, 0.2) is 0 Å². The minimum absolute atomic E-state index is 1.06. The largest absolute Gasteiger partial charge is 0.256 e. The zero-order chi connectivity index (χ0) is 20.3. The maximum Gasteiger partial charge on any atom is 0.0688 e. The van der Waals surface area contributed by atoms with Crippen molar-refractivity contribution in [3.63, 3.8) is 0 Å². The summed E-state index contributed by atoms with van der Waals surface area (Å²) in [6.07, 6.45) is 3.86. The number of rotatable bonds is 4. The number of hydrogen-bond acceptors (Lipinski definition) is 2. The molecule has 0 saturated carbocycles. The highest BCUT2D eigenvalue weighted by Gasteiger charge is 2.03. The quantitative estimate of drug-likeness (QED) is 0.441. The number of aliphatic imine (C=N–C) groups is 2. The first-order chi connectivity index (χ1) is 13.3. The van der Waals surface area contributed by atoms with Gasteiger partial charge in [0, 0.05) is 12.4 Å². The van der Waals surface area contributed by atoms with Gasteiger partial charge in [0.1, 0.15) is 0 Å². The molecule has 0 N–H and O–H groups in total. The second-order valence-corrected chi connectivity index (χ2v) is 7.68. The molecule has 0 amide bonds. The molecule has 142 valence electrons. The molecule has 0 aromatic heterocycles. The van der Waals surface area contributed by atoms with Gasteiger partial charge in [0.25, 0.3) is 0 Å². The third-order valence-electron chi connectivity index (χ3n) is 4.89. The molecule has 0 atom stereocenters. The van der Waals surface area contributed by atoms with Crippen LogP contribution in [0.1, 0.15) is 44.5 Å². The zero-order valence-corrected chi connectivity index (χ0v) is 17.7. The Morgan fingerprint density at radius 1 is 0.500 bits per heavy atom. The molecule has 2 heteroatoms. The van der Waals surface area contributed by atoms with Gasteiger partial charge in [0.2, 0.25) is 0 Å². The molecule has 0 spiro atoms. The van der Waals surface area contributed by atoms with E-state index in [2.05, 4.69) is 90.1 Å². The molecule has 0 fully saturated rings. The predicted octanol–water partition coefficient (Wildman–Crippen LogP) is 7.04. The summed E-state index contributed by atoms with van der Waals surface area (Å²) in [5.41, 5.74) is 11.7. The van der Waals surface area contributed by atoms with Gasteiger partial charge in [-0.15, -0.1) is 0 Å². The van der Waals surface area contributed by atoms with Crippen LogP contribution in [0.5, 0.6) is 0 Å². The van der Waals surface area contributed by atoms with E-state index in [0.717, 1.165) is 22.5 Å². The van der Waals surface area contributed by atoms with E-state index >= 15 is 0 Å². The van der Waals surface area contributed by atoms with Gasteiger partial charge < -0.3 is 0 Å². The van der Waals surface area contributed by atoms with Crippen LogP contribution in [-0.4, -0.2) is 12.4 Å². The predicted molar refractivity (Wildman–Crippen MR) is 122 cm³/mol. The van der Waals surface area contributed by atoms with Crippen LogP contribution in [-0.2, 0) is 0 Å². The SMILES string of the molecule is Cc1cc(C)c(N=Cc2ccc(C=Nc3c(C)cc(C)cc3C)cc2)c(C)c1. The lowest BCUT2D eigenvalue weighted by Crippen LogP contribution is -1.88. The normalized spacial score (nSPS) is 11.6. The molecule has 0 saturated heterocycles. The molecule has 28 heavy (non-hydrogen) atoms. The van der Waals surface area contributed by atoms with E-state index in [4.69, 9.17) is 9.98 Å². The lowest BCUT2D eigenvalue weighted by molar-refractivity contribution is 1.29. The smallest absolute Gasteiger partial charge is 0.0688 e. The third-order valence-corrected chi connectivity index (χ3v) is 4.89. The Kier molecular flexibility index (Phi) is 5.89. The van der Waals surface area contributed by atoms with Crippen LogP contribution in [0.3, 0.4) is 0 Å². The van der Waals surface area contributed by atoms with Crippen LogP contribution in [0, 0.1) is 41.5 Å².